The molecule has 0 spiro atoms. The second-order valence-electron chi connectivity index (χ2n) is 7.27. The van der Waals surface area contributed by atoms with Crippen molar-refractivity contribution >= 4 is 22.7 Å². The van der Waals surface area contributed by atoms with E-state index in [4.69, 9.17) is 4.42 Å². The first kappa shape index (κ1) is 18.2. The Balaban J connectivity index is 1.48. The zero-order valence-electron chi connectivity index (χ0n) is 16.2. The van der Waals surface area contributed by atoms with Crippen molar-refractivity contribution in [2.45, 2.75) is 43.6 Å². The van der Waals surface area contributed by atoms with Crippen LogP contribution < -0.4 is 5.63 Å². The van der Waals surface area contributed by atoms with Crippen molar-refractivity contribution in [2.24, 2.45) is 0 Å². The van der Waals surface area contributed by atoms with E-state index in [9.17, 15) is 4.79 Å². The van der Waals surface area contributed by atoms with Crippen molar-refractivity contribution in [3.8, 4) is 11.4 Å². The number of fused-ring (bicyclic) bond motifs is 2. The van der Waals surface area contributed by atoms with Gasteiger partial charge in [0.15, 0.2) is 11.0 Å². The van der Waals surface area contributed by atoms with Crippen LogP contribution in [-0.4, -0.2) is 14.8 Å². The summed E-state index contributed by atoms with van der Waals surface area (Å²) in [7, 11) is 0. The molecule has 0 saturated carbocycles. The van der Waals surface area contributed by atoms with Gasteiger partial charge in [0.05, 0.1) is 0 Å². The lowest BCUT2D eigenvalue weighted by Gasteiger charge is -2.09. The first-order valence-corrected chi connectivity index (χ1v) is 10.9. The monoisotopic (exact) mass is 403 g/mol. The number of thioether (sulfide) groups is 1. The Hall–Kier alpha value is -2.86. The van der Waals surface area contributed by atoms with E-state index in [1.807, 2.05) is 30.3 Å². The number of aromatic nitrogens is 3. The molecule has 1 aliphatic carbocycles. The van der Waals surface area contributed by atoms with E-state index < -0.39 is 0 Å². The maximum atomic E-state index is 12.1. The van der Waals surface area contributed by atoms with Crippen LogP contribution in [0.15, 0.2) is 62.9 Å². The molecular weight excluding hydrogens is 382 g/mol. The van der Waals surface area contributed by atoms with Gasteiger partial charge in [0, 0.05) is 29.3 Å². The molecule has 0 N–H and O–H groups in total. The quantitative estimate of drug-likeness (QED) is 0.352. The molecule has 0 bridgehead atoms. The van der Waals surface area contributed by atoms with Gasteiger partial charge >= 0.3 is 5.63 Å². The molecule has 0 radical (unpaired) electrons. The summed E-state index contributed by atoms with van der Waals surface area (Å²) in [6.45, 7) is 2.88. The van der Waals surface area contributed by atoms with Crippen LogP contribution in [0, 0.1) is 0 Å². The summed E-state index contributed by atoms with van der Waals surface area (Å²) in [6.07, 6.45) is 3.33. The van der Waals surface area contributed by atoms with Crippen molar-refractivity contribution in [1.29, 1.82) is 0 Å². The van der Waals surface area contributed by atoms with Crippen LogP contribution in [0.3, 0.4) is 0 Å². The first-order chi connectivity index (χ1) is 14.2. The molecule has 0 atom stereocenters. The number of nitrogens with zero attached hydrogens (tertiary/aromatic N) is 3. The molecule has 2 aromatic carbocycles. The third-order valence-corrected chi connectivity index (χ3v) is 6.48. The van der Waals surface area contributed by atoms with Gasteiger partial charge in [-0.05, 0) is 55.0 Å². The Bertz CT molecular complexity index is 1240. The average Bonchev–Trinajstić information content (AvgIpc) is 3.37. The number of rotatable bonds is 5. The topological polar surface area (TPSA) is 60.9 Å². The molecule has 5 nitrogen and oxygen atoms in total. The Labute approximate surface area is 172 Å². The third kappa shape index (κ3) is 3.38. The fraction of sp³-hybridized carbons (Fsp3) is 0.261. The van der Waals surface area contributed by atoms with Gasteiger partial charge in [-0.2, -0.15) is 0 Å². The highest BCUT2D eigenvalue weighted by Gasteiger charge is 2.17. The van der Waals surface area contributed by atoms with Crippen LogP contribution in [-0.2, 0) is 25.1 Å². The highest BCUT2D eigenvalue weighted by molar-refractivity contribution is 7.98. The van der Waals surface area contributed by atoms with Crippen molar-refractivity contribution in [1.82, 2.24) is 14.8 Å². The fourth-order valence-electron chi connectivity index (χ4n) is 4.04. The van der Waals surface area contributed by atoms with Gasteiger partial charge in [-0.1, -0.05) is 42.1 Å². The SMILES string of the molecule is CCn1c(SCc2cc(=O)oc3cc4c(cc23)CCC4)nnc1-c1ccccc1. The van der Waals surface area contributed by atoms with Crippen LogP contribution in [0.2, 0.25) is 0 Å². The smallest absolute Gasteiger partial charge is 0.336 e. The van der Waals surface area contributed by atoms with E-state index in [1.54, 1.807) is 17.8 Å². The van der Waals surface area contributed by atoms with Gasteiger partial charge < -0.3 is 8.98 Å². The molecule has 29 heavy (non-hydrogen) atoms. The predicted octanol–water partition coefficient (Wildman–Crippen LogP) is 4.85. The Morgan fingerprint density at radius 3 is 2.66 bits per heavy atom. The van der Waals surface area contributed by atoms with Crippen molar-refractivity contribution in [3.05, 3.63) is 75.6 Å². The Morgan fingerprint density at radius 1 is 1.07 bits per heavy atom. The maximum Gasteiger partial charge on any atom is 0.336 e. The van der Waals surface area contributed by atoms with Crippen LogP contribution in [0.5, 0.6) is 0 Å². The zero-order valence-corrected chi connectivity index (χ0v) is 17.0. The third-order valence-electron chi connectivity index (χ3n) is 5.46. The molecule has 0 unspecified atom stereocenters. The van der Waals surface area contributed by atoms with E-state index in [1.165, 1.54) is 17.5 Å². The second-order valence-corrected chi connectivity index (χ2v) is 8.21. The van der Waals surface area contributed by atoms with Gasteiger partial charge in [0.25, 0.3) is 0 Å². The van der Waals surface area contributed by atoms with Gasteiger partial charge in [0.2, 0.25) is 0 Å². The highest BCUT2D eigenvalue weighted by atomic mass is 32.2. The summed E-state index contributed by atoms with van der Waals surface area (Å²) in [6, 6.07) is 16.0. The van der Waals surface area contributed by atoms with E-state index in [-0.39, 0.29) is 5.63 Å². The highest BCUT2D eigenvalue weighted by Crippen LogP contribution is 2.32. The number of aryl methyl sites for hydroxylation is 2. The van der Waals surface area contributed by atoms with Crippen LogP contribution in [0.25, 0.3) is 22.4 Å². The summed E-state index contributed by atoms with van der Waals surface area (Å²) >= 11 is 1.61. The molecule has 2 aromatic heterocycles. The molecule has 0 amide bonds. The summed E-state index contributed by atoms with van der Waals surface area (Å²) < 4.78 is 7.60. The van der Waals surface area contributed by atoms with Crippen LogP contribution >= 0.6 is 11.8 Å². The van der Waals surface area contributed by atoms with Crippen molar-refractivity contribution < 1.29 is 4.42 Å². The lowest BCUT2D eigenvalue weighted by atomic mass is 10.0. The largest absolute Gasteiger partial charge is 0.423 e. The fourth-order valence-corrected chi connectivity index (χ4v) is 5.03. The average molecular weight is 404 g/mol. The van der Waals surface area contributed by atoms with Crippen molar-refractivity contribution in [3.63, 3.8) is 0 Å². The van der Waals surface area contributed by atoms with Crippen LogP contribution in [0.1, 0.15) is 30.0 Å². The normalized spacial score (nSPS) is 13.1. The molecule has 146 valence electrons. The Kier molecular flexibility index (Phi) is 4.72. The van der Waals surface area contributed by atoms with Crippen molar-refractivity contribution in [2.75, 3.05) is 0 Å². The molecule has 0 fully saturated rings. The standard InChI is InChI=1S/C23H21N3O2S/c1-2-26-22(15-7-4-3-5-8-15)24-25-23(26)29-14-18-13-21(27)28-20-12-17-10-6-9-16(17)11-19(18)20/h3-5,7-8,11-13H,2,6,9-10,14H2,1H3. The van der Waals surface area contributed by atoms with Gasteiger partial charge in [-0.15, -0.1) is 10.2 Å². The lowest BCUT2D eigenvalue weighted by molar-refractivity contribution is 0.559. The van der Waals surface area contributed by atoms with E-state index in [0.717, 1.165) is 46.9 Å². The summed E-state index contributed by atoms with van der Waals surface area (Å²) in [5.74, 6) is 1.51. The van der Waals surface area contributed by atoms with Gasteiger partial charge in [-0.25, -0.2) is 4.79 Å². The minimum atomic E-state index is -0.298. The van der Waals surface area contributed by atoms with Gasteiger partial charge in [0.1, 0.15) is 5.58 Å². The van der Waals surface area contributed by atoms with Crippen LogP contribution in [0.4, 0.5) is 0 Å². The van der Waals surface area contributed by atoms with Gasteiger partial charge in [-0.3, -0.25) is 0 Å². The Morgan fingerprint density at radius 2 is 1.86 bits per heavy atom. The lowest BCUT2D eigenvalue weighted by Crippen LogP contribution is -2.02. The molecule has 0 aliphatic heterocycles. The number of benzene rings is 2. The minimum absolute atomic E-state index is 0.298. The molecular formula is C23H21N3O2S. The summed E-state index contributed by atoms with van der Waals surface area (Å²) in [5, 5.41) is 10.7. The molecule has 4 aromatic rings. The zero-order chi connectivity index (χ0) is 19.8. The summed E-state index contributed by atoms with van der Waals surface area (Å²) in [5.41, 5.74) is 5.12. The second kappa shape index (κ2) is 7.52. The molecule has 2 heterocycles. The predicted molar refractivity (Wildman–Crippen MR) is 115 cm³/mol. The minimum Gasteiger partial charge on any atom is -0.423 e. The number of hydrogen-bond acceptors (Lipinski definition) is 5. The molecule has 1 aliphatic rings. The molecule has 6 heteroatoms. The van der Waals surface area contributed by atoms with E-state index in [0.29, 0.717) is 11.3 Å². The maximum absolute atomic E-state index is 12.1. The first-order valence-electron chi connectivity index (χ1n) is 9.93. The molecule has 5 rings (SSSR count). The van der Waals surface area contributed by atoms with E-state index >= 15 is 0 Å². The number of hydrogen-bond donors (Lipinski definition) is 0. The molecule has 0 saturated heterocycles. The van der Waals surface area contributed by atoms with E-state index in [2.05, 4.69) is 33.8 Å². The summed E-state index contributed by atoms with van der Waals surface area (Å²) in [4.78, 5) is 12.1.